The average molecular weight is 387 g/mol. The van der Waals surface area contributed by atoms with Crippen LogP contribution in [-0.2, 0) is 0 Å². The van der Waals surface area contributed by atoms with Gasteiger partial charge in [0.15, 0.2) is 5.82 Å². The number of nitrogens with one attached hydrogen (secondary N) is 2. The maximum Gasteiger partial charge on any atom is 0.255 e. The number of fused-ring (bicyclic) bond motifs is 1. The van der Waals surface area contributed by atoms with E-state index in [1.54, 1.807) is 0 Å². The summed E-state index contributed by atoms with van der Waals surface area (Å²) >= 11 is 8.68. The van der Waals surface area contributed by atoms with Gasteiger partial charge in [-0.3, -0.25) is 4.79 Å². The summed E-state index contributed by atoms with van der Waals surface area (Å²) in [6, 6.07) is 3.58. The molecule has 0 bridgehead atoms. The molecule has 0 radical (unpaired) electrons. The summed E-state index contributed by atoms with van der Waals surface area (Å²) in [5.74, 6) is -1.70. The summed E-state index contributed by atoms with van der Waals surface area (Å²) in [6.45, 7) is 0. The van der Waals surface area contributed by atoms with Crippen LogP contribution in [0, 0.1) is 11.6 Å². The molecule has 4 nitrogen and oxygen atoms in total. The number of nitrogens with zero attached hydrogens (tertiary/aromatic N) is 1. The fraction of sp³-hybridized carbons (Fsp3) is 0. The Morgan fingerprint density at radius 3 is 2.86 bits per heavy atom. The molecule has 2 N–H and O–H groups in total. The van der Waals surface area contributed by atoms with E-state index in [0.717, 1.165) is 6.07 Å². The number of carbonyl (C=O) groups excluding carboxylic acids is 1. The first-order valence-corrected chi connectivity index (χ1v) is 7.22. The Kier molecular flexibility index (Phi) is 3.84. The summed E-state index contributed by atoms with van der Waals surface area (Å²) in [6.07, 6.45) is 2.75. The van der Waals surface area contributed by atoms with Gasteiger partial charge in [-0.15, -0.1) is 0 Å². The first-order chi connectivity index (χ1) is 10.5. The summed E-state index contributed by atoms with van der Waals surface area (Å²) in [4.78, 5) is 18.9. The molecule has 0 atom stereocenters. The van der Waals surface area contributed by atoms with Crippen LogP contribution in [0.2, 0.25) is 5.02 Å². The van der Waals surface area contributed by atoms with Gasteiger partial charge in [0.25, 0.3) is 5.91 Å². The fourth-order valence-electron chi connectivity index (χ4n) is 1.96. The van der Waals surface area contributed by atoms with Gasteiger partial charge in [0.05, 0.1) is 20.6 Å². The Morgan fingerprint density at radius 2 is 2.14 bits per heavy atom. The molecule has 0 spiro atoms. The number of anilines is 1. The Labute approximate surface area is 136 Å². The quantitative estimate of drug-likeness (QED) is 0.681. The van der Waals surface area contributed by atoms with Gasteiger partial charge in [-0.05, 0) is 34.1 Å². The summed E-state index contributed by atoms with van der Waals surface area (Å²) < 4.78 is 27.4. The van der Waals surface area contributed by atoms with Crippen molar-refractivity contribution >= 4 is 50.2 Å². The predicted molar refractivity (Wildman–Crippen MR) is 83.1 cm³/mol. The zero-order valence-electron chi connectivity index (χ0n) is 10.8. The normalized spacial score (nSPS) is 10.9. The number of aromatic amines is 1. The van der Waals surface area contributed by atoms with Crippen LogP contribution < -0.4 is 5.32 Å². The molecule has 0 aliphatic rings. The van der Waals surface area contributed by atoms with Crippen molar-refractivity contribution in [2.45, 2.75) is 0 Å². The summed E-state index contributed by atoms with van der Waals surface area (Å²) in [5.41, 5.74) is 0.684. The lowest BCUT2D eigenvalue weighted by atomic mass is 10.2. The molecule has 2 aromatic heterocycles. The lowest BCUT2D eigenvalue weighted by molar-refractivity contribution is 0.102. The van der Waals surface area contributed by atoms with E-state index in [0.29, 0.717) is 5.65 Å². The Hall–Kier alpha value is -1.99. The smallest absolute Gasteiger partial charge is 0.255 e. The highest BCUT2D eigenvalue weighted by atomic mass is 79.9. The molecule has 0 aliphatic carbocycles. The maximum absolute atomic E-state index is 14.1. The molecule has 8 heteroatoms. The van der Waals surface area contributed by atoms with Crippen LogP contribution in [0.5, 0.6) is 0 Å². The van der Waals surface area contributed by atoms with Crippen LogP contribution in [0.15, 0.2) is 35.1 Å². The predicted octanol–water partition coefficient (Wildman–Crippen LogP) is 4.51. The number of aromatic nitrogens is 2. The molecule has 0 saturated carbocycles. The number of hydrogen-bond donors (Lipinski definition) is 2. The number of carbonyl (C=O) groups is 1. The second kappa shape index (κ2) is 5.66. The molecule has 3 aromatic rings. The van der Waals surface area contributed by atoms with Gasteiger partial charge in [-0.2, -0.15) is 0 Å². The van der Waals surface area contributed by atoms with Crippen LogP contribution in [0.3, 0.4) is 0 Å². The Bertz CT molecular complexity index is 897. The van der Waals surface area contributed by atoms with Crippen molar-refractivity contribution in [1.29, 1.82) is 0 Å². The average Bonchev–Trinajstić information content (AvgIpc) is 2.89. The van der Waals surface area contributed by atoms with E-state index in [9.17, 15) is 13.6 Å². The second-order valence-corrected chi connectivity index (χ2v) is 5.69. The van der Waals surface area contributed by atoms with Crippen LogP contribution >= 0.6 is 27.5 Å². The number of H-pyrrole nitrogens is 1. The number of amides is 1. The SMILES string of the molecule is O=C(Nc1c[nH]c2ncc(Br)c(F)c12)c1ccc(F)c(Cl)c1. The minimum atomic E-state index is -0.621. The van der Waals surface area contributed by atoms with Crippen molar-refractivity contribution in [2.24, 2.45) is 0 Å². The van der Waals surface area contributed by atoms with Gasteiger partial charge in [0.1, 0.15) is 11.5 Å². The number of rotatable bonds is 2. The topological polar surface area (TPSA) is 57.8 Å². The van der Waals surface area contributed by atoms with Crippen molar-refractivity contribution in [2.75, 3.05) is 5.32 Å². The molecule has 2 heterocycles. The van der Waals surface area contributed by atoms with Gasteiger partial charge in [0, 0.05) is 18.0 Å². The summed E-state index contributed by atoms with van der Waals surface area (Å²) in [5, 5.41) is 2.53. The number of pyridine rings is 1. The van der Waals surface area contributed by atoms with E-state index in [4.69, 9.17) is 11.6 Å². The van der Waals surface area contributed by atoms with Crippen LogP contribution in [0.1, 0.15) is 10.4 Å². The Balaban J connectivity index is 1.97. The van der Waals surface area contributed by atoms with Gasteiger partial charge in [-0.25, -0.2) is 13.8 Å². The molecule has 0 fully saturated rings. The van der Waals surface area contributed by atoms with Gasteiger partial charge >= 0.3 is 0 Å². The molecule has 0 saturated heterocycles. The van der Waals surface area contributed by atoms with E-state index in [2.05, 4.69) is 31.2 Å². The van der Waals surface area contributed by atoms with Gasteiger partial charge in [0.2, 0.25) is 0 Å². The number of hydrogen-bond acceptors (Lipinski definition) is 2. The largest absolute Gasteiger partial charge is 0.344 e. The molecule has 0 aliphatic heterocycles. The zero-order chi connectivity index (χ0) is 15.9. The third-order valence-corrected chi connectivity index (χ3v) is 3.87. The maximum atomic E-state index is 14.1. The van der Waals surface area contributed by atoms with Crippen LogP contribution in [0.25, 0.3) is 11.0 Å². The third kappa shape index (κ3) is 2.57. The van der Waals surface area contributed by atoms with Crippen molar-refractivity contribution in [3.63, 3.8) is 0 Å². The highest BCUT2D eigenvalue weighted by molar-refractivity contribution is 9.10. The van der Waals surface area contributed by atoms with E-state index in [-0.39, 0.29) is 26.1 Å². The van der Waals surface area contributed by atoms with Crippen LogP contribution in [-0.4, -0.2) is 15.9 Å². The first-order valence-electron chi connectivity index (χ1n) is 6.05. The second-order valence-electron chi connectivity index (χ2n) is 4.43. The fourth-order valence-corrected chi connectivity index (χ4v) is 2.45. The molecule has 1 amide bonds. The zero-order valence-corrected chi connectivity index (χ0v) is 13.1. The van der Waals surface area contributed by atoms with Gasteiger partial charge in [-0.1, -0.05) is 11.6 Å². The van der Waals surface area contributed by atoms with Crippen molar-refractivity contribution in [1.82, 2.24) is 9.97 Å². The van der Waals surface area contributed by atoms with E-state index in [1.807, 2.05) is 0 Å². The molecule has 0 unspecified atom stereocenters. The highest BCUT2D eigenvalue weighted by Crippen LogP contribution is 2.29. The third-order valence-electron chi connectivity index (χ3n) is 3.03. The van der Waals surface area contributed by atoms with Crippen molar-refractivity contribution in [3.05, 3.63) is 57.3 Å². The number of benzene rings is 1. The highest BCUT2D eigenvalue weighted by Gasteiger charge is 2.16. The molecule has 22 heavy (non-hydrogen) atoms. The Morgan fingerprint density at radius 1 is 1.36 bits per heavy atom. The lowest BCUT2D eigenvalue weighted by Crippen LogP contribution is -2.12. The minimum absolute atomic E-state index is 0.149. The monoisotopic (exact) mass is 385 g/mol. The molecule has 3 rings (SSSR count). The van der Waals surface area contributed by atoms with E-state index < -0.39 is 17.5 Å². The standard InChI is InChI=1S/C14H7BrClF2N3O/c15-7-4-19-13-11(12(7)18)10(5-20-13)21-14(22)6-1-2-9(17)8(16)3-6/h1-5H,(H,19,20)(H,21,22). The van der Waals surface area contributed by atoms with Crippen molar-refractivity contribution < 1.29 is 13.6 Å². The first kappa shape index (κ1) is 14.9. The molecular formula is C14H7BrClF2N3O. The van der Waals surface area contributed by atoms with Gasteiger partial charge < -0.3 is 10.3 Å². The van der Waals surface area contributed by atoms with E-state index >= 15 is 0 Å². The number of halogens is 4. The van der Waals surface area contributed by atoms with E-state index in [1.165, 1.54) is 24.5 Å². The molecule has 112 valence electrons. The molecule has 1 aromatic carbocycles. The van der Waals surface area contributed by atoms with Crippen LogP contribution in [0.4, 0.5) is 14.5 Å². The molecular weight excluding hydrogens is 380 g/mol. The minimum Gasteiger partial charge on any atom is -0.344 e. The lowest BCUT2D eigenvalue weighted by Gasteiger charge is -2.05. The summed E-state index contributed by atoms with van der Waals surface area (Å²) in [7, 11) is 0. The van der Waals surface area contributed by atoms with Crippen molar-refractivity contribution in [3.8, 4) is 0 Å².